The van der Waals surface area contributed by atoms with Gasteiger partial charge < -0.3 is 4.74 Å². The second kappa shape index (κ2) is 4.91. The van der Waals surface area contributed by atoms with Crippen LogP contribution in [0.15, 0.2) is 6.07 Å². The first-order valence-corrected chi connectivity index (χ1v) is 4.15. The molecule has 0 aromatic carbocycles. The molecule has 3 nitrogen and oxygen atoms in total. The van der Waals surface area contributed by atoms with E-state index in [0.717, 1.165) is 7.11 Å². The summed E-state index contributed by atoms with van der Waals surface area (Å²) < 4.78 is 54.4. The van der Waals surface area contributed by atoms with Gasteiger partial charge in [0, 0.05) is 5.56 Å². The first-order chi connectivity index (χ1) is 7.45. The van der Waals surface area contributed by atoms with E-state index in [1.165, 1.54) is 0 Å². The molecular weight excluding hydrogens is 230 g/mol. The van der Waals surface area contributed by atoms with Gasteiger partial charge >= 0.3 is 5.97 Å². The number of aromatic nitrogens is 1. The average Bonchev–Trinajstić information content (AvgIpc) is 2.21. The van der Waals surface area contributed by atoms with Crippen LogP contribution in [-0.4, -0.2) is 18.1 Å². The van der Waals surface area contributed by atoms with E-state index in [2.05, 4.69) is 9.72 Å². The summed E-state index contributed by atoms with van der Waals surface area (Å²) in [4.78, 5) is 13.5. The maximum absolute atomic E-state index is 13.0. The molecule has 0 atom stereocenters. The Hall–Kier alpha value is -1.66. The maximum Gasteiger partial charge on any atom is 0.310 e. The minimum atomic E-state index is -3.12. The van der Waals surface area contributed by atoms with Crippen molar-refractivity contribution in [2.75, 3.05) is 7.11 Å². The number of hydrogen-bond acceptors (Lipinski definition) is 3. The highest BCUT2D eigenvalue weighted by Crippen LogP contribution is 2.23. The summed E-state index contributed by atoms with van der Waals surface area (Å²) in [7, 11) is 1.06. The van der Waals surface area contributed by atoms with Gasteiger partial charge in [-0.25, -0.2) is 8.78 Å². The Morgan fingerprint density at radius 1 is 1.44 bits per heavy atom. The molecule has 0 amide bonds. The van der Waals surface area contributed by atoms with Crippen LogP contribution in [-0.2, 0) is 16.0 Å². The molecule has 1 rings (SSSR count). The van der Waals surface area contributed by atoms with E-state index >= 15 is 0 Å². The Balaban J connectivity index is 3.09. The number of ether oxygens (including phenoxy) is 1. The fraction of sp³-hybridized carbons (Fsp3) is 0.333. The van der Waals surface area contributed by atoms with Crippen molar-refractivity contribution < 1.29 is 27.1 Å². The quantitative estimate of drug-likeness (QED) is 0.458. The van der Waals surface area contributed by atoms with Crippen LogP contribution in [0.5, 0.6) is 0 Å². The van der Waals surface area contributed by atoms with E-state index in [-0.39, 0.29) is 0 Å². The molecule has 0 aliphatic rings. The van der Waals surface area contributed by atoms with Gasteiger partial charge in [-0.1, -0.05) is 0 Å². The van der Waals surface area contributed by atoms with Crippen LogP contribution in [0.25, 0.3) is 0 Å². The van der Waals surface area contributed by atoms with Crippen molar-refractivity contribution in [3.63, 3.8) is 0 Å². The molecule has 0 aliphatic heterocycles. The normalized spacial score (nSPS) is 10.6. The third kappa shape index (κ3) is 2.68. The summed E-state index contributed by atoms with van der Waals surface area (Å²) in [6, 6.07) is 0.569. The largest absolute Gasteiger partial charge is 0.469 e. The molecule has 1 heterocycles. The number of carbonyl (C=O) groups excluding carboxylic acids is 1. The molecule has 0 saturated carbocycles. The molecule has 0 fully saturated rings. The van der Waals surface area contributed by atoms with Crippen LogP contribution in [0, 0.1) is 11.9 Å². The Morgan fingerprint density at radius 2 is 2.06 bits per heavy atom. The topological polar surface area (TPSA) is 39.2 Å². The third-order valence-corrected chi connectivity index (χ3v) is 1.83. The first kappa shape index (κ1) is 12.4. The molecular formula is C9H7F4NO2. The van der Waals surface area contributed by atoms with E-state index < -0.39 is 41.8 Å². The molecule has 0 radical (unpaired) electrons. The molecule has 0 N–H and O–H groups in total. The highest BCUT2D eigenvalue weighted by molar-refractivity contribution is 5.72. The van der Waals surface area contributed by atoms with Crippen molar-refractivity contribution in [2.45, 2.75) is 12.8 Å². The van der Waals surface area contributed by atoms with Crippen molar-refractivity contribution in [2.24, 2.45) is 0 Å². The zero-order valence-electron chi connectivity index (χ0n) is 8.14. The maximum atomic E-state index is 13.0. The summed E-state index contributed by atoms with van der Waals surface area (Å²) in [6.07, 6.45) is -3.69. The molecule has 7 heteroatoms. The molecule has 88 valence electrons. The van der Waals surface area contributed by atoms with Gasteiger partial charge in [-0.2, -0.15) is 13.8 Å². The van der Waals surface area contributed by atoms with Crippen LogP contribution in [0.1, 0.15) is 17.6 Å². The number of alkyl halides is 2. The predicted octanol–water partition coefficient (Wildman–Crippen LogP) is 2.01. The minimum absolute atomic E-state index is 0.427. The summed E-state index contributed by atoms with van der Waals surface area (Å²) >= 11 is 0. The Morgan fingerprint density at radius 3 is 2.56 bits per heavy atom. The lowest BCUT2D eigenvalue weighted by molar-refractivity contribution is -0.139. The van der Waals surface area contributed by atoms with E-state index in [4.69, 9.17) is 0 Å². The fourth-order valence-electron chi connectivity index (χ4n) is 1.03. The molecule has 0 bridgehead atoms. The number of hydrogen-bond donors (Lipinski definition) is 0. The monoisotopic (exact) mass is 237 g/mol. The lowest BCUT2D eigenvalue weighted by Gasteiger charge is -2.05. The van der Waals surface area contributed by atoms with Crippen molar-refractivity contribution in [3.8, 4) is 0 Å². The van der Waals surface area contributed by atoms with Crippen molar-refractivity contribution >= 4 is 5.97 Å². The van der Waals surface area contributed by atoms with Gasteiger partial charge in [-0.15, -0.1) is 0 Å². The van der Waals surface area contributed by atoms with Gasteiger partial charge in [0.05, 0.1) is 19.1 Å². The van der Waals surface area contributed by atoms with Crippen LogP contribution in [0.2, 0.25) is 0 Å². The predicted molar refractivity (Wildman–Crippen MR) is 44.8 cm³/mol. The molecule has 0 saturated heterocycles. The van der Waals surface area contributed by atoms with Crippen molar-refractivity contribution in [1.82, 2.24) is 4.98 Å². The summed E-state index contributed by atoms with van der Waals surface area (Å²) in [6.45, 7) is 0. The first-order valence-electron chi connectivity index (χ1n) is 4.15. The smallest absolute Gasteiger partial charge is 0.310 e. The number of halogens is 4. The highest BCUT2D eigenvalue weighted by atomic mass is 19.3. The lowest BCUT2D eigenvalue weighted by atomic mass is 10.1. The van der Waals surface area contributed by atoms with Crippen LogP contribution in [0.3, 0.4) is 0 Å². The fourth-order valence-corrected chi connectivity index (χ4v) is 1.03. The minimum Gasteiger partial charge on any atom is -0.469 e. The van der Waals surface area contributed by atoms with Crippen LogP contribution >= 0.6 is 0 Å². The van der Waals surface area contributed by atoms with Crippen molar-refractivity contribution in [3.05, 3.63) is 29.1 Å². The molecule has 0 aliphatic carbocycles. The highest BCUT2D eigenvalue weighted by Gasteiger charge is 2.20. The lowest BCUT2D eigenvalue weighted by Crippen LogP contribution is -2.09. The van der Waals surface area contributed by atoms with E-state index in [1.807, 2.05) is 0 Å². The van der Waals surface area contributed by atoms with E-state index in [1.54, 1.807) is 0 Å². The number of rotatable bonds is 3. The number of pyridine rings is 1. The number of esters is 1. The van der Waals surface area contributed by atoms with E-state index in [0.29, 0.717) is 6.07 Å². The van der Waals surface area contributed by atoms with Crippen molar-refractivity contribution in [1.29, 1.82) is 0 Å². The zero-order chi connectivity index (χ0) is 12.3. The van der Waals surface area contributed by atoms with E-state index in [9.17, 15) is 22.4 Å². The summed E-state index contributed by atoms with van der Waals surface area (Å²) in [5.74, 6) is -3.71. The number of nitrogens with zero attached hydrogens (tertiary/aromatic N) is 1. The summed E-state index contributed by atoms with van der Waals surface area (Å²) in [5.41, 5.74) is -1.47. The summed E-state index contributed by atoms with van der Waals surface area (Å²) in [5, 5.41) is 0. The number of methoxy groups -OCH3 is 1. The SMILES string of the molecule is COC(=O)Cc1cc(C(F)F)c(F)nc1F. The molecule has 1 aromatic heterocycles. The van der Waals surface area contributed by atoms with Gasteiger partial charge in [0.2, 0.25) is 11.9 Å². The Bertz CT molecular complexity index is 409. The Labute approximate surface area is 88.0 Å². The van der Waals surface area contributed by atoms with Gasteiger partial charge in [0.15, 0.2) is 0 Å². The third-order valence-electron chi connectivity index (χ3n) is 1.83. The van der Waals surface area contributed by atoms with Gasteiger partial charge in [0.1, 0.15) is 0 Å². The van der Waals surface area contributed by atoms with Gasteiger partial charge in [-0.05, 0) is 6.07 Å². The molecule has 1 aromatic rings. The Kier molecular flexibility index (Phi) is 3.81. The zero-order valence-corrected chi connectivity index (χ0v) is 8.14. The molecule has 0 unspecified atom stereocenters. The molecule has 0 spiro atoms. The van der Waals surface area contributed by atoms with Crippen LogP contribution in [0.4, 0.5) is 17.6 Å². The second-order valence-corrected chi connectivity index (χ2v) is 2.87. The van der Waals surface area contributed by atoms with Gasteiger partial charge in [0.25, 0.3) is 6.43 Å². The number of carbonyl (C=O) groups is 1. The average molecular weight is 237 g/mol. The van der Waals surface area contributed by atoms with Gasteiger partial charge in [-0.3, -0.25) is 4.79 Å². The standard InChI is InChI=1S/C9H7F4NO2/c1-16-6(15)3-4-2-5(7(10)11)9(13)14-8(4)12/h2,7H,3H2,1H3. The molecule has 16 heavy (non-hydrogen) atoms. The van der Waals surface area contributed by atoms with Crippen LogP contribution < -0.4 is 0 Å². The second-order valence-electron chi connectivity index (χ2n) is 2.87.